The Labute approximate surface area is 101 Å². The fourth-order valence-electron chi connectivity index (χ4n) is 2.23. The Hall–Kier alpha value is -1.39. The molecule has 1 aliphatic carbocycles. The first kappa shape index (κ1) is 12.1. The van der Waals surface area contributed by atoms with E-state index in [0.717, 1.165) is 11.1 Å². The van der Waals surface area contributed by atoms with E-state index in [2.05, 4.69) is 10.6 Å². The van der Waals surface area contributed by atoms with Crippen molar-refractivity contribution in [2.24, 2.45) is 0 Å². The van der Waals surface area contributed by atoms with Gasteiger partial charge in [0.25, 0.3) is 0 Å². The van der Waals surface area contributed by atoms with Gasteiger partial charge in [-0.3, -0.25) is 4.79 Å². The van der Waals surface area contributed by atoms with E-state index < -0.39 is 6.10 Å². The molecular formula is C13H18N2O2. The van der Waals surface area contributed by atoms with Crippen LogP contribution in [0.1, 0.15) is 23.6 Å². The SMILES string of the molecule is CNCCC(=O)N[C@H]1c2ccccc2C[C@H]1O. The predicted molar refractivity (Wildman–Crippen MR) is 65.6 cm³/mol. The lowest BCUT2D eigenvalue weighted by Gasteiger charge is -2.17. The van der Waals surface area contributed by atoms with Gasteiger partial charge in [0.05, 0.1) is 12.1 Å². The maximum absolute atomic E-state index is 11.7. The van der Waals surface area contributed by atoms with Crippen molar-refractivity contribution in [1.29, 1.82) is 0 Å². The van der Waals surface area contributed by atoms with Gasteiger partial charge >= 0.3 is 0 Å². The summed E-state index contributed by atoms with van der Waals surface area (Å²) in [7, 11) is 1.81. The quantitative estimate of drug-likeness (QED) is 0.705. The summed E-state index contributed by atoms with van der Waals surface area (Å²) < 4.78 is 0. The molecule has 3 N–H and O–H groups in total. The first-order chi connectivity index (χ1) is 8.22. The molecule has 0 unspecified atom stereocenters. The van der Waals surface area contributed by atoms with E-state index in [1.54, 1.807) is 0 Å². The van der Waals surface area contributed by atoms with E-state index >= 15 is 0 Å². The normalized spacial score (nSPS) is 22.2. The monoisotopic (exact) mass is 234 g/mol. The van der Waals surface area contributed by atoms with Crippen LogP contribution in [0.4, 0.5) is 0 Å². The molecule has 0 spiro atoms. The summed E-state index contributed by atoms with van der Waals surface area (Å²) in [5, 5.41) is 15.8. The number of benzene rings is 1. The van der Waals surface area contributed by atoms with Crippen molar-refractivity contribution in [3.8, 4) is 0 Å². The fraction of sp³-hybridized carbons (Fsp3) is 0.462. The molecule has 0 aliphatic heterocycles. The molecule has 0 radical (unpaired) electrons. The Kier molecular flexibility index (Phi) is 3.76. The van der Waals surface area contributed by atoms with E-state index in [0.29, 0.717) is 19.4 Å². The van der Waals surface area contributed by atoms with Gasteiger partial charge in [-0.05, 0) is 18.2 Å². The van der Waals surface area contributed by atoms with Crippen LogP contribution in [-0.2, 0) is 11.2 Å². The summed E-state index contributed by atoms with van der Waals surface area (Å²) in [6.45, 7) is 0.649. The number of carbonyl (C=O) groups is 1. The first-order valence-corrected chi connectivity index (χ1v) is 5.92. The van der Waals surface area contributed by atoms with Crippen LogP contribution in [0.3, 0.4) is 0 Å². The Bertz CT molecular complexity index is 406. The first-order valence-electron chi connectivity index (χ1n) is 5.92. The Morgan fingerprint density at radius 1 is 1.47 bits per heavy atom. The van der Waals surface area contributed by atoms with Gasteiger partial charge in [0.1, 0.15) is 0 Å². The highest BCUT2D eigenvalue weighted by atomic mass is 16.3. The second-order valence-electron chi connectivity index (χ2n) is 4.37. The minimum atomic E-state index is -0.508. The second-order valence-corrected chi connectivity index (χ2v) is 4.37. The molecule has 0 bridgehead atoms. The number of hydrogen-bond acceptors (Lipinski definition) is 3. The average Bonchev–Trinajstić information content (AvgIpc) is 2.64. The summed E-state index contributed by atoms with van der Waals surface area (Å²) in [5.41, 5.74) is 2.16. The van der Waals surface area contributed by atoms with Crippen molar-refractivity contribution in [3.63, 3.8) is 0 Å². The molecule has 2 rings (SSSR count). The molecule has 1 aliphatic rings. The van der Waals surface area contributed by atoms with E-state index in [4.69, 9.17) is 0 Å². The molecule has 1 aromatic rings. The van der Waals surface area contributed by atoms with E-state index in [-0.39, 0.29) is 11.9 Å². The molecule has 4 heteroatoms. The molecule has 92 valence electrons. The molecule has 1 amide bonds. The second kappa shape index (κ2) is 5.29. The van der Waals surface area contributed by atoms with Crippen LogP contribution in [0.2, 0.25) is 0 Å². The minimum absolute atomic E-state index is 0.0277. The zero-order valence-electron chi connectivity index (χ0n) is 9.94. The van der Waals surface area contributed by atoms with Crippen molar-refractivity contribution in [3.05, 3.63) is 35.4 Å². The van der Waals surface area contributed by atoms with E-state index in [1.165, 1.54) is 0 Å². The molecule has 0 saturated heterocycles. The summed E-state index contributed by atoms with van der Waals surface area (Å²) in [4.78, 5) is 11.7. The van der Waals surface area contributed by atoms with Crippen LogP contribution in [0.15, 0.2) is 24.3 Å². The van der Waals surface area contributed by atoms with Crippen LogP contribution < -0.4 is 10.6 Å². The third-order valence-corrected chi connectivity index (χ3v) is 3.12. The Morgan fingerprint density at radius 2 is 2.24 bits per heavy atom. The molecule has 0 heterocycles. The van der Waals surface area contributed by atoms with Gasteiger partial charge in [-0.25, -0.2) is 0 Å². The number of carbonyl (C=O) groups excluding carboxylic acids is 1. The van der Waals surface area contributed by atoms with Gasteiger partial charge in [0.2, 0.25) is 5.91 Å². The summed E-state index contributed by atoms with van der Waals surface area (Å²) in [6, 6.07) is 7.60. The number of aliphatic hydroxyl groups is 1. The fourth-order valence-corrected chi connectivity index (χ4v) is 2.23. The summed E-state index contributed by atoms with van der Waals surface area (Å²) in [5.74, 6) is -0.0277. The van der Waals surface area contributed by atoms with Gasteiger partial charge in [-0.1, -0.05) is 24.3 Å². The lowest BCUT2D eigenvalue weighted by atomic mass is 10.1. The van der Waals surface area contributed by atoms with Gasteiger partial charge < -0.3 is 15.7 Å². The van der Waals surface area contributed by atoms with Crippen molar-refractivity contribution in [2.45, 2.75) is 25.0 Å². The molecule has 0 fully saturated rings. The molecule has 17 heavy (non-hydrogen) atoms. The third-order valence-electron chi connectivity index (χ3n) is 3.12. The van der Waals surface area contributed by atoms with Crippen molar-refractivity contribution >= 4 is 5.91 Å². The molecule has 2 atom stereocenters. The highest BCUT2D eigenvalue weighted by Gasteiger charge is 2.31. The molecule has 0 saturated carbocycles. The van der Waals surface area contributed by atoms with Gasteiger partial charge in [-0.2, -0.15) is 0 Å². The van der Waals surface area contributed by atoms with Crippen molar-refractivity contribution in [1.82, 2.24) is 10.6 Å². The zero-order chi connectivity index (χ0) is 12.3. The lowest BCUT2D eigenvalue weighted by molar-refractivity contribution is -0.122. The van der Waals surface area contributed by atoms with Crippen LogP contribution in [0, 0.1) is 0 Å². The summed E-state index contributed by atoms with van der Waals surface area (Å²) in [6.07, 6.45) is 0.542. The maximum atomic E-state index is 11.7. The zero-order valence-corrected chi connectivity index (χ0v) is 9.94. The molecule has 0 aromatic heterocycles. The smallest absolute Gasteiger partial charge is 0.221 e. The van der Waals surface area contributed by atoms with Gasteiger partial charge in [0.15, 0.2) is 0 Å². The number of hydrogen-bond donors (Lipinski definition) is 3. The number of nitrogens with one attached hydrogen (secondary N) is 2. The van der Waals surface area contributed by atoms with Crippen LogP contribution in [0.25, 0.3) is 0 Å². The highest BCUT2D eigenvalue weighted by Crippen LogP contribution is 2.31. The third kappa shape index (κ3) is 2.65. The Balaban J connectivity index is 2.04. The van der Waals surface area contributed by atoms with E-state index in [9.17, 15) is 9.90 Å². The highest BCUT2D eigenvalue weighted by molar-refractivity contribution is 5.77. The van der Waals surface area contributed by atoms with Gasteiger partial charge in [-0.15, -0.1) is 0 Å². The summed E-state index contributed by atoms with van der Waals surface area (Å²) >= 11 is 0. The number of amides is 1. The average molecular weight is 234 g/mol. The van der Waals surface area contributed by atoms with Crippen LogP contribution in [-0.4, -0.2) is 30.7 Å². The largest absolute Gasteiger partial charge is 0.390 e. The van der Waals surface area contributed by atoms with Crippen LogP contribution >= 0.6 is 0 Å². The van der Waals surface area contributed by atoms with Crippen LogP contribution in [0.5, 0.6) is 0 Å². The number of aliphatic hydroxyl groups excluding tert-OH is 1. The topological polar surface area (TPSA) is 61.4 Å². The molecular weight excluding hydrogens is 216 g/mol. The standard InChI is InChI=1S/C13H18N2O2/c1-14-7-6-12(17)15-13-10-5-3-2-4-9(10)8-11(13)16/h2-5,11,13-14,16H,6-8H2,1H3,(H,15,17)/t11-,13+/m1/s1. The van der Waals surface area contributed by atoms with Crippen molar-refractivity contribution < 1.29 is 9.90 Å². The minimum Gasteiger partial charge on any atom is -0.390 e. The number of fused-ring (bicyclic) bond motifs is 1. The maximum Gasteiger partial charge on any atom is 0.221 e. The van der Waals surface area contributed by atoms with Gasteiger partial charge in [0, 0.05) is 19.4 Å². The van der Waals surface area contributed by atoms with E-state index in [1.807, 2.05) is 31.3 Å². The molecule has 1 aromatic carbocycles. The lowest BCUT2D eigenvalue weighted by Crippen LogP contribution is -2.35. The predicted octanol–water partition coefficient (Wildman–Crippen LogP) is 0.370. The molecule has 4 nitrogen and oxygen atoms in total. The van der Waals surface area contributed by atoms with Crippen molar-refractivity contribution in [2.75, 3.05) is 13.6 Å². The number of rotatable bonds is 4. The Morgan fingerprint density at radius 3 is 3.00 bits per heavy atom.